The molecular weight excluding hydrogens is 176 g/mol. The second-order valence-electron chi connectivity index (χ2n) is 1.94. The molecule has 0 aliphatic heterocycles. The van der Waals surface area contributed by atoms with Gasteiger partial charge < -0.3 is 0 Å². The minimum absolute atomic E-state index is 0.572. The van der Waals surface area contributed by atoms with E-state index in [0.29, 0.717) is 5.02 Å². The predicted molar refractivity (Wildman–Crippen MR) is 45.7 cm³/mol. The van der Waals surface area contributed by atoms with Gasteiger partial charge in [-0.25, -0.2) is 0 Å². The van der Waals surface area contributed by atoms with Crippen molar-refractivity contribution in [3.8, 4) is 6.26 Å². The van der Waals surface area contributed by atoms with Crippen molar-refractivity contribution in [3.63, 3.8) is 0 Å². The van der Waals surface area contributed by atoms with Crippen molar-refractivity contribution >= 4 is 17.8 Å². The largest absolute Gasteiger partial charge is 0.316 e. The average Bonchev–Trinajstić information content (AvgIpc) is 2.09. The monoisotopic (exact) mass is 180 g/mol. The highest BCUT2D eigenvalue weighted by Gasteiger charge is 1.93. The van der Waals surface area contributed by atoms with E-state index in [1.807, 2.05) is 12.1 Å². The molecular formula is C8H5ClN2O. The van der Waals surface area contributed by atoms with E-state index in [2.05, 4.69) is 9.99 Å². The zero-order valence-electron chi connectivity index (χ0n) is 6.07. The molecule has 0 amide bonds. The Balaban J connectivity index is 2.77. The zero-order chi connectivity index (χ0) is 8.81. The molecule has 0 aromatic heterocycles. The highest BCUT2D eigenvalue weighted by Crippen LogP contribution is 2.12. The van der Waals surface area contributed by atoms with Gasteiger partial charge in [-0.1, -0.05) is 35.0 Å². The predicted octanol–water partition coefficient (Wildman–Crippen LogP) is 2.17. The lowest BCUT2D eigenvalue weighted by atomic mass is 10.2. The molecule has 1 aromatic rings. The summed E-state index contributed by atoms with van der Waals surface area (Å²) in [6, 6.07) is 7.13. The van der Waals surface area contributed by atoms with E-state index >= 15 is 0 Å². The number of halogens is 1. The van der Waals surface area contributed by atoms with Crippen LogP contribution in [-0.4, -0.2) is 6.21 Å². The van der Waals surface area contributed by atoms with Crippen LogP contribution in [0.2, 0.25) is 5.02 Å². The Kier molecular flexibility index (Phi) is 3.12. The molecule has 0 saturated heterocycles. The van der Waals surface area contributed by atoms with Gasteiger partial charge in [-0.05, 0) is 6.07 Å². The van der Waals surface area contributed by atoms with Crippen LogP contribution in [0, 0.1) is 11.5 Å². The first-order valence-electron chi connectivity index (χ1n) is 3.17. The third-order valence-corrected chi connectivity index (χ3v) is 1.53. The Hall–Kier alpha value is -1.53. The molecule has 0 fully saturated rings. The molecule has 12 heavy (non-hydrogen) atoms. The standard InChI is InChI=1S/C8H5ClN2O/c9-8-4-2-1-3-7(8)5-11-12-6-10/h1-5H/b11-5-. The molecule has 0 radical (unpaired) electrons. The van der Waals surface area contributed by atoms with Crippen molar-refractivity contribution in [3.05, 3.63) is 34.9 Å². The summed E-state index contributed by atoms with van der Waals surface area (Å²) in [5.41, 5.74) is 0.717. The Morgan fingerprint density at radius 2 is 2.25 bits per heavy atom. The normalized spacial score (nSPS) is 9.67. The van der Waals surface area contributed by atoms with E-state index in [-0.39, 0.29) is 0 Å². The van der Waals surface area contributed by atoms with Crippen molar-refractivity contribution in [2.45, 2.75) is 0 Å². The van der Waals surface area contributed by atoms with Crippen LogP contribution in [0.5, 0.6) is 0 Å². The number of hydrogen-bond acceptors (Lipinski definition) is 3. The second kappa shape index (κ2) is 4.37. The van der Waals surface area contributed by atoms with E-state index in [1.54, 1.807) is 12.1 Å². The van der Waals surface area contributed by atoms with Crippen LogP contribution < -0.4 is 0 Å². The minimum Gasteiger partial charge on any atom is -0.276 e. The molecule has 60 valence electrons. The summed E-state index contributed by atoms with van der Waals surface area (Å²) in [5, 5.41) is 11.9. The maximum atomic E-state index is 7.99. The van der Waals surface area contributed by atoms with Gasteiger partial charge in [0.25, 0.3) is 0 Å². The maximum absolute atomic E-state index is 7.99. The fraction of sp³-hybridized carbons (Fsp3) is 0. The van der Waals surface area contributed by atoms with Gasteiger partial charge in [-0.2, -0.15) is 0 Å². The summed E-state index contributed by atoms with van der Waals surface area (Å²) in [6.07, 6.45) is 2.80. The average molecular weight is 181 g/mol. The van der Waals surface area contributed by atoms with E-state index < -0.39 is 0 Å². The van der Waals surface area contributed by atoms with Gasteiger partial charge in [0.15, 0.2) is 0 Å². The highest BCUT2D eigenvalue weighted by atomic mass is 35.5. The first-order chi connectivity index (χ1) is 5.84. The van der Waals surface area contributed by atoms with Crippen LogP contribution in [0.1, 0.15) is 5.56 Å². The molecule has 0 bridgehead atoms. The van der Waals surface area contributed by atoms with E-state index in [9.17, 15) is 0 Å². The third kappa shape index (κ3) is 2.26. The van der Waals surface area contributed by atoms with Gasteiger partial charge >= 0.3 is 6.26 Å². The summed E-state index contributed by atoms with van der Waals surface area (Å²) in [6.45, 7) is 0. The third-order valence-electron chi connectivity index (χ3n) is 1.19. The number of nitrogens with zero attached hydrogens (tertiary/aromatic N) is 2. The van der Waals surface area contributed by atoms with Crippen molar-refractivity contribution in [2.75, 3.05) is 0 Å². The molecule has 0 N–H and O–H groups in total. The molecule has 0 unspecified atom stereocenters. The first-order valence-corrected chi connectivity index (χ1v) is 3.55. The van der Waals surface area contributed by atoms with E-state index in [1.165, 1.54) is 12.5 Å². The van der Waals surface area contributed by atoms with Gasteiger partial charge in [0.1, 0.15) is 0 Å². The summed E-state index contributed by atoms with van der Waals surface area (Å²) in [5.74, 6) is 0. The van der Waals surface area contributed by atoms with Crippen molar-refractivity contribution in [1.29, 1.82) is 5.26 Å². The lowest BCUT2D eigenvalue weighted by Gasteiger charge is -1.93. The maximum Gasteiger partial charge on any atom is 0.316 e. The number of nitriles is 1. The fourth-order valence-corrected chi connectivity index (χ4v) is 0.871. The summed E-state index contributed by atoms with van der Waals surface area (Å²) < 4.78 is 0. The van der Waals surface area contributed by atoms with Crippen molar-refractivity contribution in [1.82, 2.24) is 0 Å². The van der Waals surface area contributed by atoms with Crippen molar-refractivity contribution < 1.29 is 4.84 Å². The van der Waals surface area contributed by atoms with Crippen LogP contribution >= 0.6 is 11.6 Å². The molecule has 0 saturated carbocycles. The minimum atomic E-state index is 0.572. The summed E-state index contributed by atoms with van der Waals surface area (Å²) >= 11 is 5.77. The molecule has 3 nitrogen and oxygen atoms in total. The Morgan fingerprint density at radius 1 is 1.50 bits per heavy atom. The van der Waals surface area contributed by atoms with Gasteiger partial charge in [0.2, 0.25) is 0 Å². The molecule has 0 aliphatic carbocycles. The van der Waals surface area contributed by atoms with E-state index in [4.69, 9.17) is 16.9 Å². The summed E-state index contributed by atoms with van der Waals surface area (Å²) in [7, 11) is 0. The van der Waals surface area contributed by atoms with Crippen LogP contribution in [0.4, 0.5) is 0 Å². The van der Waals surface area contributed by atoms with Crippen molar-refractivity contribution in [2.24, 2.45) is 5.16 Å². The van der Waals surface area contributed by atoms with Gasteiger partial charge in [0, 0.05) is 10.6 Å². The molecule has 0 atom stereocenters. The topological polar surface area (TPSA) is 45.4 Å². The Morgan fingerprint density at radius 3 is 2.92 bits per heavy atom. The van der Waals surface area contributed by atoms with Gasteiger partial charge in [0.05, 0.1) is 6.21 Å². The molecule has 1 rings (SSSR count). The Labute approximate surface area is 74.8 Å². The number of rotatable bonds is 2. The number of oxime groups is 1. The smallest absolute Gasteiger partial charge is 0.276 e. The van der Waals surface area contributed by atoms with Crippen LogP contribution in [-0.2, 0) is 4.84 Å². The zero-order valence-corrected chi connectivity index (χ0v) is 6.82. The molecule has 0 heterocycles. The number of benzene rings is 1. The van der Waals surface area contributed by atoms with Crippen LogP contribution in [0.15, 0.2) is 29.4 Å². The lowest BCUT2D eigenvalue weighted by Crippen LogP contribution is -1.81. The summed E-state index contributed by atoms with van der Waals surface area (Å²) in [4.78, 5) is 4.11. The Bertz CT molecular complexity index is 330. The SMILES string of the molecule is N#CO/N=C\c1ccccc1Cl. The second-order valence-corrected chi connectivity index (χ2v) is 2.35. The van der Waals surface area contributed by atoms with Gasteiger partial charge in [-0.3, -0.25) is 4.84 Å². The molecule has 1 aromatic carbocycles. The lowest BCUT2D eigenvalue weighted by molar-refractivity contribution is 0.293. The number of hydrogen-bond donors (Lipinski definition) is 0. The highest BCUT2D eigenvalue weighted by molar-refractivity contribution is 6.33. The molecule has 0 aliphatic rings. The van der Waals surface area contributed by atoms with Crippen LogP contribution in [0.3, 0.4) is 0 Å². The van der Waals surface area contributed by atoms with Crippen LogP contribution in [0.25, 0.3) is 0 Å². The fourth-order valence-electron chi connectivity index (χ4n) is 0.686. The quantitative estimate of drug-likeness (QED) is 0.398. The first kappa shape index (κ1) is 8.57. The van der Waals surface area contributed by atoms with E-state index in [0.717, 1.165) is 5.56 Å². The molecule has 4 heteroatoms. The van der Waals surface area contributed by atoms with Gasteiger partial charge in [-0.15, -0.1) is 5.26 Å². The molecule has 0 spiro atoms.